The lowest BCUT2D eigenvalue weighted by Gasteiger charge is -2.31. The molecule has 1 aliphatic rings. The highest BCUT2D eigenvalue weighted by Gasteiger charge is 2.30. The van der Waals surface area contributed by atoms with E-state index < -0.39 is 12.1 Å². The van der Waals surface area contributed by atoms with E-state index in [0.717, 1.165) is 0 Å². The van der Waals surface area contributed by atoms with Crippen molar-refractivity contribution in [2.24, 2.45) is 0 Å². The van der Waals surface area contributed by atoms with Crippen molar-refractivity contribution in [3.05, 3.63) is 23.8 Å². The molecule has 1 aliphatic heterocycles. The lowest BCUT2D eigenvalue weighted by Crippen LogP contribution is -2.48. The van der Waals surface area contributed by atoms with Gasteiger partial charge in [-0.2, -0.15) is 0 Å². The fraction of sp³-hybridized carbons (Fsp3) is 0.429. The van der Waals surface area contributed by atoms with Crippen LogP contribution in [-0.2, 0) is 9.53 Å². The summed E-state index contributed by atoms with van der Waals surface area (Å²) in [5.41, 5.74) is 0.336. The number of hydrogen-bond acceptors (Lipinski definition) is 5. The summed E-state index contributed by atoms with van der Waals surface area (Å²) in [5.74, 6) is -0.438. The number of carboxylic acid groups (broad SMARTS) is 1. The van der Waals surface area contributed by atoms with Gasteiger partial charge in [0.05, 0.1) is 32.9 Å². The second kappa shape index (κ2) is 6.45. The van der Waals surface area contributed by atoms with Crippen molar-refractivity contribution in [3.8, 4) is 11.5 Å². The molecule has 1 heterocycles. The normalized spacial score (nSPS) is 18.2. The summed E-state index contributed by atoms with van der Waals surface area (Å²) in [6, 6.07) is 4.91. The first-order valence-electron chi connectivity index (χ1n) is 6.42. The van der Waals surface area contributed by atoms with Crippen molar-refractivity contribution in [2.45, 2.75) is 6.10 Å². The molecule has 0 saturated carbocycles. The summed E-state index contributed by atoms with van der Waals surface area (Å²) in [6.07, 6.45) is -1.00. The first kappa shape index (κ1) is 15.1. The summed E-state index contributed by atoms with van der Waals surface area (Å²) in [5, 5.41) is 8.98. The highest BCUT2D eigenvalue weighted by atomic mass is 16.5. The maximum atomic E-state index is 12.6. The Morgan fingerprint density at radius 2 is 2.10 bits per heavy atom. The summed E-state index contributed by atoms with van der Waals surface area (Å²) >= 11 is 0. The van der Waals surface area contributed by atoms with Gasteiger partial charge in [-0.3, -0.25) is 4.79 Å². The van der Waals surface area contributed by atoms with Crippen molar-refractivity contribution in [1.29, 1.82) is 0 Å². The lowest BCUT2D eigenvalue weighted by atomic mass is 10.1. The maximum Gasteiger partial charge on any atom is 0.334 e. The lowest BCUT2D eigenvalue weighted by molar-refractivity contribution is -0.154. The molecule has 21 heavy (non-hydrogen) atoms. The predicted molar refractivity (Wildman–Crippen MR) is 72.8 cm³/mol. The number of morpholine rings is 1. The molecule has 1 saturated heterocycles. The number of nitrogens with zero attached hydrogens (tertiary/aromatic N) is 1. The zero-order chi connectivity index (χ0) is 15.4. The fourth-order valence-electron chi connectivity index (χ4n) is 2.13. The van der Waals surface area contributed by atoms with Crippen LogP contribution in [0.3, 0.4) is 0 Å². The van der Waals surface area contributed by atoms with Crippen LogP contribution in [0, 0.1) is 0 Å². The van der Waals surface area contributed by atoms with E-state index in [1.807, 2.05) is 0 Å². The zero-order valence-electron chi connectivity index (χ0n) is 11.9. The third-order valence-electron chi connectivity index (χ3n) is 3.27. The maximum absolute atomic E-state index is 12.6. The van der Waals surface area contributed by atoms with Crippen LogP contribution < -0.4 is 9.47 Å². The van der Waals surface area contributed by atoms with Crippen LogP contribution >= 0.6 is 0 Å². The van der Waals surface area contributed by atoms with Gasteiger partial charge in [0.25, 0.3) is 5.91 Å². The third-order valence-corrected chi connectivity index (χ3v) is 3.27. The number of carbonyl (C=O) groups excluding carboxylic acids is 1. The monoisotopic (exact) mass is 295 g/mol. The quantitative estimate of drug-likeness (QED) is 0.877. The van der Waals surface area contributed by atoms with Crippen molar-refractivity contribution >= 4 is 11.9 Å². The van der Waals surface area contributed by atoms with Crippen LogP contribution in [0.15, 0.2) is 18.2 Å². The van der Waals surface area contributed by atoms with E-state index in [4.69, 9.17) is 19.3 Å². The molecule has 1 fully saturated rings. The van der Waals surface area contributed by atoms with E-state index in [-0.39, 0.29) is 19.1 Å². The van der Waals surface area contributed by atoms with E-state index >= 15 is 0 Å². The van der Waals surface area contributed by atoms with Crippen molar-refractivity contribution in [1.82, 2.24) is 4.90 Å². The zero-order valence-corrected chi connectivity index (χ0v) is 11.9. The van der Waals surface area contributed by atoms with Gasteiger partial charge in [0.2, 0.25) is 0 Å². The Hall–Kier alpha value is -2.28. The Labute approximate surface area is 122 Å². The van der Waals surface area contributed by atoms with Crippen LogP contribution in [0.25, 0.3) is 0 Å². The minimum atomic E-state index is -1.08. The molecule has 1 N–H and O–H groups in total. The van der Waals surface area contributed by atoms with Gasteiger partial charge in [-0.1, -0.05) is 0 Å². The predicted octanol–water partition coefficient (Wildman–Crippen LogP) is 0.629. The first-order chi connectivity index (χ1) is 10.1. The molecule has 1 atom stereocenters. The second-order valence-electron chi connectivity index (χ2n) is 4.52. The van der Waals surface area contributed by atoms with E-state index in [2.05, 4.69) is 0 Å². The molecule has 0 aromatic heterocycles. The Bertz CT molecular complexity index is 544. The molecular formula is C14H17NO6. The van der Waals surface area contributed by atoms with Crippen LogP contribution in [0.1, 0.15) is 10.4 Å². The number of carboxylic acids is 1. The molecule has 1 aromatic rings. The molecule has 2 rings (SSSR count). The minimum Gasteiger partial charge on any atom is -0.497 e. The Morgan fingerprint density at radius 1 is 1.33 bits per heavy atom. The standard InChI is InChI=1S/C14H17NO6/c1-19-9-3-4-11(20-2)10(7-9)13(16)15-5-6-21-12(8-15)14(17)18/h3-4,7,12H,5-6,8H2,1-2H3,(H,17,18). The van der Waals surface area contributed by atoms with Gasteiger partial charge in [0.15, 0.2) is 6.10 Å². The number of ether oxygens (including phenoxy) is 3. The number of methoxy groups -OCH3 is 2. The van der Waals surface area contributed by atoms with E-state index in [9.17, 15) is 9.59 Å². The Kier molecular flexibility index (Phi) is 4.64. The van der Waals surface area contributed by atoms with Crippen LogP contribution in [-0.4, -0.2) is 61.9 Å². The highest BCUT2D eigenvalue weighted by Crippen LogP contribution is 2.26. The number of hydrogen-bond donors (Lipinski definition) is 1. The first-order valence-corrected chi connectivity index (χ1v) is 6.42. The van der Waals surface area contributed by atoms with Gasteiger partial charge < -0.3 is 24.2 Å². The number of carbonyl (C=O) groups is 2. The van der Waals surface area contributed by atoms with Gasteiger partial charge in [0, 0.05) is 6.54 Å². The van der Waals surface area contributed by atoms with Gasteiger partial charge in [0.1, 0.15) is 11.5 Å². The molecule has 7 nitrogen and oxygen atoms in total. The SMILES string of the molecule is COc1ccc(OC)c(C(=O)N2CCOC(C(=O)O)C2)c1. The molecule has 0 radical (unpaired) electrons. The van der Waals surface area contributed by atoms with Crippen LogP contribution in [0.4, 0.5) is 0 Å². The highest BCUT2D eigenvalue weighted by molar-refractivity contribution is 5.97. The molecule has 0 aliphatic carbocycles. The number of rotatable bonds is 4. The largest absolute Gasteiger partial charge is 0.497 e. The number of aliphatic carboxylic acids is 1. The van der Waals surface area contributed by atoms with E-state index in [0.29, 0.717) is 23.6 Å². The smallest absolute Gasteiger partial charge is 0.334 e. The summed E-state index contributed by atoms with van der Waals surface area (Å²) in [7, 11) is 2.98. The summed E-state index contributed by atoms with van der Waals surface area (Å²) in [6.45, 7) is 0.534. The molecular weight excluding hydrogens is 278 g/mol. The van der Waals surface area contributed by atoms with Gasteiger partial charge >= 0.3 is 5.97 Å². The van der Waals surface area contributed by atoms with Crippen LogP contribution in [0.5, 0.6) is 11.5 Å². The molecule has 0 bridgehead atoms. The molecule has 114 valence electrons. The molecule has 1 unspecified atom stereocenters. The fourth-order valence-corrected chi connectivity index (χ4v) is 2.13. The number of amides is 1. The van der Waals surface area contributed by atoms with Gasteiger partial charge in [-0.15, -0.1) is 0 Å². The average Bonchev–Trinajstić information content (AvgIpc) is 2.53. The molecule has 7 heteroatoms. The Balaban J connectivity index is 2.24. The summed E-state index contributed by atoms with van der Waals surface area (Å²) < 4.78 is 15.4. The van der Waals surface area contributed by atoms with Crippen LogP contribution in [0.2, 0.25) is 0 Å². The van der Waals surface area contributed by atoms with Crippen molar-refractivity contribution in [2.75, 3.05) is 33.9 Å². The topological polar surface area (TPSA) is 85.3 Å². The van der Waals surface area contributed by atoms with Gasteiger partial charge in [-0.25, -0.2) is 4.79 Å². The van der Waals surface area contributed by atoms with Gasteiger partial charge in [-0.05, 0) is 18.2 Å². The van der Waals surface area contributed by atoms with E-state index in [1.165, 1.54) is 19.1 Å². The summed E-state index contributed by atoms with van der Waals surface area (Å²) in [4.78, 5) is 25.0. The van der Waals surface area contributed by atoms with Crippen molar-refractivity contribution < 1.29 is 28.9 Å². The van der Waals surface area contributed by atoms with Crippen molar-refractivity contribution in [3.63, 3.8) is 0 Å². The third kappa shape index (κ3) is 3.25. The number of benzene rings is 1. The minimum absolute atomic E-state index is 0.00846. The second-order valence-corrected chi connectivity index (χ2v) is 4.52. The Morgan fingerprint density at radius 3 is 2.71 bits per heavy atom. The molecule has 1 aromatic carbocycles. The molecule has 1 amide bonds. The average molecular weight is 295 g/mol. The molecule has 0 spiro atoms. The van der Waals surface area contributed by atoms with E-state index in [1.54, 1.807) is 18.2 Å².